The Hall–Kier alpha value is -1.59. The fourth-order valence-electron chi connectivity index (χ4n) is 0.893. The van der Waals surface area contributed by atoms with Crippen molar-refractivity contribution in [1.29, 1.82) is 0 Å². The van der Waals surface area contributed by atoms with E-state index in [0.717, 1.165) is 12.1 Å². The Balaban J connectivity index is 3.32. The van der Waals surface area contributed by atoms with Crippen LogP contribution in [0.25, 0.3) is 5.53 Å². The van der Waals surface area contributed by atoms with Crippen molar-refractivity contribution in [2.45, 2.75) is 10.2 Å². The van der Waals surface area contributed by atoms with E-state index in [4.69, 9.17) is 5.53 Å². The molecule has 0 unspecified atom stereocenters. The van der Waals surface area contributed by atoms with E-state index in [1.54, 1.807) is 0 Å². The van der Waals surface area contributed by atoms with Gasteiger partial charge in [0.1, 0.15) is 0 Å². The van der Waals surface area contributed by atoms with Crippen molar-refractivity contribution in [2.24, 2.45) is 0 Å². The van der Waals surface area contributed by atoms with E-state index < -0.39 is 20.0 Å². The average molecular weight is 232 g/mol. The van der Waals surface area contributed by atoms with E-state index in [9.17, 15) is 17.2 Å². The van der Waals surface area contributed by atoms with Crippen LogP contribution in [0.2, 0.25) is 0 Å². The Morgan fingerprint density at radius 1 is 1.27 bits per heavy atom. The van der Waals surface area contributed by atoms with Gasteiger partial charge in [0.2, 0.25) is 0 Å². The molecule has 0 amide bonds. The number of rotatable bonds is 3. The first-order valence-corrected chi connectivity index (χ1v) is 5.26. The van der Waals surface area contributed by atoms with Crippen LogP contribution in [0.3, 0.4) is 0 Å². The summed E-state index contributed by atoms with van der Waals surface area (Å²) < 4.78 is 48.6. The Morgan fingerprint density at radius 2 is 1.80 bits per heavy atom. The standard InChI is InChI=1S/C8H6F2N2O2S/c9-8(10,6-12-11)15(13,14)7-4-2-1-3-5-7/h1-6H. The summed E-state index contributed by atoms with van der Waals surface area (Å²) in [6, 6.07) is 6.21. The van der Waals surface area contributed by atoms with Gasteiger partial charge in [-0.1, -0.05) is 18.2 Å². The maximum Gasteiger partial charge on any atom is 0.440 e. The van der Waals surface area contributed by atoms with Crippen LogP contribution < -0.4 is 0 Å². The molecule has 4 nitrogen and oxygen atoms in total. The van der Waals surface area contributed by atoms with Gasteiger partial charge in [0.15, 0.2) is 0 Å². The Labute approximate surface area is 84.7 Å². The predicted octanol–water partition coefficient (Wildman–Crippen LogP) is 1.35. The van der Waals surface area contributed by atoms with Crippen molar-refractivity contribution in [3.8, 4) is 0 Å². The van der Waals surface area contributed by atoms with Crippen LogP contribution in [0.5, 0.6) is 0 Å². The van der Waals surface area contributed by atoms with Gasteiger partial charge in [0, 0.05) is 0 Å². The highest BCUT2D eigenvalue weighted by molar-refractivity contribution is 7.93. The molecule has 1 aromatic rings. The van der Waals surface area contributed by atoms with E-state index in [1.807, 2.05) is 4.79 Å². The van der Waals surface area contributed by atoms with Gasteiger partial charge in [-0.15, -0.1) is 0 Å². The monoisotopic (exact) mass is 232 g/mol. The molecule has 0 aliphatic carbocycles. The van der Waals surface area contributed by atoms with E-state index in [2.05, 4.69) is 0 Å². The molecule has 0 aliphatic heterocycles. The third-order valence-corrected chi connectivity index (χ3v) is 3.33. The molecule has 0 N–H and O–H groups in total. The summed E-state index contributed by atoms with van der Waals surface area (Å²) in [5.41, 5.74) is 7.94. The Kier molecular flexibility index (Phi) is 2.97. The molecule has 0 heterocycles. The van der Waals surface area contributed by atoms with E-state index in [-0.39, 0.29) is 6.21 Å². The summed E-state index contributed by atoms with van der Waals surface area (Å²) in [6.45, 7) is 0. The molecule has 0 radical (unpaired) electrons. The van der Waals surface area contributed by atoms with Crippen molar-refractivity contribution in [3.05, 3.63) is 35.9 Å². The minimum atomic E-state index is -4.84. The second kappa shape index (κ2) is 3.88. The molecule has 80 valence electrons. The summed E-state index contributed by atoms with van der Waals surface area (Å²) >= 11 is 0. The molecule has 0 saturated heterocycles. The van der Waals surface area contributed by atoms with Crippen LogP contribution in [0, 0.1) is 0 Å². The van der Waals surface area contributed by atoms with Crippen LogP contribution in [0.15, 0.2) is 35.2 Å². The maximum atomic E-state index is 13.0. The number of nitrogens with zero attached hydrogens (tertiary/aromatic N) is 2. The topological polar surface area (TPSA) is 70.5 Å². The molecule has 0 atom stereocenters. The highest BCUT2D eigenvalue weighted by Gasteiger charge is 2.49. The van der Waals surface area contributed by atoms with Gasteiger partial charge >= 0.3 is 11.5 Å². The molecule has 0 saturated carbocycles. The van der Waals surface area contributed by atoms with Gasteiger partial charge in [0.25, 0.3) is 9.84 Å². The van der Waals surface area contributed by atoms with Gasteiger partial charge in [-0.3, -0.25) is 0 Å². The van der Waals surface area contributed by atoms with Crippen molar-refractivity contribution in [2.75, 3.05) is 0 Å². The third-order valence-electron chi connectivity index (χ3n) is 1.62. The highest BCUT2D eigenvalue weighted by atomic mass is 32.2. The number of hydrogen-bond donors (Lipinski definition) is 0. The van der Waals surface area contributed by atoms with Crippen molar-refractivity contribution < 1.29 is 22.0 Å². The molecular weight excluding hydrogens is 226 g/mol. The van der Waals surface area contributed by atoms with Crippen molar-refractivity contribution in [3.63, 3.8) is 0 Å². The normalized spacial score (nSPS) is 11.9. The first kappa shape index (κ1) is 11.5. The summed E-state index contributed by atoms with van der Waals surface area (Å²) in [7, 11) is -4.84. The molecule has 0 bridgehead atoms. The summed E-state index contributed by atoms with van der Waals surface area (Å²) in [5, 5.41) is -4.22. The van der Waals surface area contributed by atoms with Gasteiger partial charge in [-0.25, -0.2) is 8.42 Å². The lowest BCUT2D eigenvalue weighted by Gasteiger charge is -2.07. The summed E-state index contributed by atoms with van der Waals surface area (Å²) in [6.07, 6.45) is -0.324. The fraction of sp³-hybridized carbons (Fsp3) is 0.125. The van der Waals surface area contributed by atoms with Crippen LogP contribution >= 0.6 is 0 Å². The number of sulfone groups is 1. The average Bonchev–Trinajstić information content (AvgIpc) is 2.19. The fourth-order valence-corrected chi connectivity index (χ4v) is 1.91. The van der Waals surface area contributed by atoms with Gasteiger partial charge in [0.05, 0.1) is 4.90 Å². The minimum Gasteiger partial charge on any atom is -0.362 e. The molecule has 0 aliphatic rings. The van der Waals surface area contributed by atoms with Crippen LogP contribution in [-0.2, 0) is 9.84 Å². The summed E-state index contributed by atoms with van der Waals surface area (Å²) in [4.78, 5) is 1.51. The van der Waals surface area contributed by atoms with Gasteiger partial charge in [-0.2, -0.15) is 13.6 Å². The number of halogens is 2. The van der Waals surface area contributed by atoms with Gasteiger partial charge in [-0.05, 0) is 12.1 Å². The lowest BCUT2D eigenvalue weighted by Crippen LogP contribution is -2.30. The second-order valence-electron chi connectivity index (χ2n) is 2.62. The van der Waals surface area contributed by atoms with E-state index in [1.165, 1.54) is 18.2 Å². The zero-order chi connectivity index (χ0) is 11.5. The molecule has 7 heteroatoms. The van der Waals surface area contributed by atoms with Crippen molar-refractivity contribution >= 4 is 16.1 Å². The number of hydrogen-bond acceptors (Lipinski definition) is 2. The largest absolute Gasteiger partial charge is 0.440 e. The molecule has 1 aromatic carbocycles. The van der Waals surface area contributed by atoms with E-state index >= 15 is 0 Å². The smallest absolute Gasteiger partial charge is 0.362 e. The van der Waals surface area contributed by atoms with Crippen LogP contribution in [0.1, 0.15) is 0 Å². The first-order chi connectivity index (χ1) is 6.92. The summed E-state index contributed by atoms with van der Waals surface area (Å²) in [5.74, 6) is 0. The Bertz CT molecular complexity index is 493. The zero-order valence-corrected chi connectivity index (χ0v) is 8.16. The lowest BCUT2D eigenvalue weighted by molar-refractivity contribution is -0.0198. The van der Waals surface area contributed by atoms with Crippen LogP contribution in [0.4, 0.5) is 8.78 Å². The molecule has 0 aromatic heterocycles. The quantitative estimate of drug-likeness (QED) is 0.448. The molecule has 0 spiro atoms. The lowest BCUT2D eigenvalue weighted by atomic mass is 10.4. The maximum absolute atomic E-state index is 13.0. The third kappa shape index (κ3) is 2.08. The predicted molar refractivity (Wildman–Crippen MR) is 48.3 cm³/mol. The number of benzene rings is 1. The second-order valence-corrected chi connectivity index (χ2v) is 4.65. The van der Waals surface area contributed by atoms with Gasteiger partial charge < -0.3 is 5.53 Å². The van der Waals surface area contributed by atoms with E-state index in [0.29, 0.717) is 0 Å². The minimum absolute atomic E-state index is 0.324. The van der Waals surface area contributed by atoms with Crippen molar-refractivity contribution in [1.82, 2.24) is 0 Å². The Morgan fingerprint density at radius 3 is 2.27 bits per heavy atom. The number of alkyl halides is 2. The van der Waals surface area contributed by atoms with Crippen LogP contribution in [-0.4, -0.2) is 24.7 Å². The highest BCUT2D eigenvalue weighted by Crippen LogP contribution is 2.26. The molecular formula is C8H6F2N2O2S. The zero-order valence-electron chi connectivity index (χ0n) is 7.34. The molecule has 1 rings (SSSR count). The molecule has 15 heavy (non-hydrogen) atoms. The first-order valence-electron chi connectivity index (χ1n) is 3.78. The SMILES string of the molecule is [N-]=[N+]=CC(F)(F)S(=O)(=O)c1ccccc1. The molecule has 0 fully saturated rings.